The molecule has 4 aromatic rings. The molecule has 1 unspecified atom stereocenters. The van der Waals surface area contributed by atoms with Gasteiger partial charge in [-0.3, -0.25) is 9.47 Å². The van der Waals surface area contributed by atoms with Crippen LogP contribution in [0.25, 0.3) is 16.7 Å². The third kappa shape index (κ3) is 4.90. The minimum atomic E-state index is -0.365. The van der Waals surface area contributed by atoms with Gasteiger partial charge in [0, 0.05) is 22.9 Å². The van der Waals surface area contributed by atoms with E-state index >= 15 is 0 Å². The normalized spacial score (nSPS) is 15.5. The molecule has 1 atom stereocenters. The second kappa shape index (κ2) is 9.95. The molecule has 1 fully saturated rings. The van der Waals surface area contributed by atoms with Gasteiger partial charge in [0.1, 0.15) is 11.4 Å². The van der Waals surface area contributed by atoms with Crippen LogP contribution >= 0.6 is 11.8 Å². The number of aromatic nitrogens is 3. The van der Waals surface area contributed by atoms with Gasteiger partial charge in [-0.25, -0.2) is 9.18 Å². The molecule has 2 aromatic heterocycles. The van der Waals surface area contributed by atoms with Gasteiger partial charge in [0.15, 0.2) is 11.0 Å². The van der Waals surface area contributed by atoms with E-state index in [4.69, 9.17) is 4.42 Å². The predicted octanol–water partition coefficient (Wildman–Crippen LogP) is 5.97. The lowest BCUT2D eigenvalue weighted by Crippen LogP contribution is -2.33. The number of hydrogen-bond acceptors (Lipinski definition) is 6. The summed E-state index contributed by atoms with van der Waals surface area (Å²) >= 11 is 1.51. The van der Waals surface area contributed by atoms with E-state index in [0.29, 0.717) is 16.5 Å². The van der Waals surface area contributed by atoms with Crippen molar-refractivity contribution in [2.24, 2.45) is 0 Å². The van der Waals surface area contributed by atoms with Crippen LogP contribution in [0.4, 0.5) is 4.39 Å². The van der Waals surface area contributed by atoms with Gasteiger partial charge in [0.25, 0.3) is 0 Å². The van der Waals surface area contributed by atoms with Gasteiger partial charge in [-0.05, 0) is 99.8 Å². The summed E-state index contributed by atoms with van der Waals surface area (Å²) in [4.78, 5) is 14.7. The van der Waals surface area contributed by atoms with Crippen LogP contribution in [0.1, 0.15) is 54.7 Å². The first-order chi connectivity index (χ1) is 16.9. The van der Waals surface area contributed by atoms with Crippen molar-refractivity contribution in [2.75, 3.05) is 13.1 Å². The molecule has 0 amide bonds. The number of likely N-dealkylation sites (tertiary alicyclic amines) is 1. The van der Waals surface area contributed by atoms with Crippen LogP contribution in [0, 0.1) is 19.7 Å². The second-order valence-electron chi connectivity index (χ2n) is 9.24. The van der Waals surface area contributed by atoms with Gasteiger partial charge in [0.2, 0.25) is 0 Å². The first kappa shape index (κ1) is 23.8. The summed E-state index contributed by atoms with van der Waals surface area (Å²) in [6.07, 6.45) is 3.62. The van der Waals surface area contributed by atoms with Crippen LogP contribution in [-0.4, -0.2) is 32.8 Å². The van der Waals surface area contributed by atoms with E-state index in [9.17, 15) is 9.18 Å². The highest BCUT2D eigenvalue weighted by atomic mass is 32.2. The van der Waals surface area contributed by atoms with E-state index in [1.54, 1.807) is 18.2 Å². The molecule has 2 aromatic carbocycles. The molecule has 1 aliphatic rings. The fourth-order valence-electron chi connectivity index (χ4n) is 4.69. The van der Waals surface area contributed by atoms with Crippen molar-refractivity contribution in [2.45, 2.75) is 57.0 Å². The van der Waals surface area contributed by atoms with Crippen molar-refractivity contribution in [1.82, 2.24) is 19.7 Å². The molecule has 8 heteroatoms. The maximum atomic E-state index is 13.7. The Morgan fingerprint density at radius 3 is 2.49 bits per heavy atom. The van der Waals surface area contributed by atoms with Gasteiger partial charge in [-0.1, -0.05) is 18.2 Å². The summed E-state index contributed by atoms with van der Waals surface area (Å²) in [6, 6.07) is 12.1. The smallest absolute Gasteiger partial charge is 0.336 e. The molecule has 0 bridgehead atoms. The quantitative estimate of drug-likeness (QED) is 0.244. The molecule has 6 nitrogen and oxygen atoms in total. The van der Waals surface area contributed by atoms with E-state index in [0.717, 1.165) is 46.7 Å². The van der Waals surface area contributed by atoms with Crippen molar-refractivity contribution in [1.29, 1.82) is 0 Å². The number of fused-ring (bicyclic) bond motifs is 1. The number of hydrogen-bond donors (Lipinski definition) is 0. The molecule has 1 saturated heterocycles. The second-order valence-corrected chi connectivity index (χ2v) is 10.2. The monoisotopic (exact) mass is 492 g/mol. The maximum Gasteiger partial charge on any atom is 0.336 e. The zero-order chi connectivity index (χ0) is 24.5. The fourth-order valence-corrected chi connectivity index (χ4v) is 5.64. The van der Waals surface area contributed by atoms with Crippen LogP contribution in [-0.2, 0) is 5.75 Å². The third-order valence-electron chi connectivity index (χ3n) is 6.86. The highest BCUT2D eigenvalue weighted by Crippen LogP contribution is 2.32. The Labute approximate surface area is 208 Å². The molecule has 0 saturated carbocycles. The van der Waals surface area contributed by atoms with Crippen LogP contribution in [0.5, 0.6) is 0 Å². The molecule has 0 N–H and O–H groups in total. The number of nitrogens with zero attached hydrogens (tertiary/aromatic N) is 4. The Bertz CT molecular complexity index is 1410. The first-order valence-corrected chi connectivity index (χ1v) is 13.0. The average Bonchev–Trinajstić information content (AvgIpc) is 3.28. The third-order valence-corrected chi connectivity index (χ3v) is 7.83. The Morgan fingerprint density at radius 2 is 1.74 bits per heavy atom. The fraction of sp³-hybridized carbons (Fsp3) is 0.370. The summed E-state index contributed by atoms with van der Waals surface area (Å²) < 4.78 is 21.2. The van der Waals surface area contributed by atoms with Crippen LogP contribution in [0.3, 0.4) is 0 Å². The van der Waals surface area contributed by atoms with Crippen molar-refractivity contribution < 1.29 is 8.81 Å². The van der Waals surface area contributed by atoms with E-state index in [2.05, 4.69) is 35.0 Å². The molecule has 0 spiro atoms. The number of aryl methyl sites for hydroxylation is 2. The molecule has 0 radical (unpaired) electrons. The number of benzene rings is 2. The molecule has 3 heterocycles. The number of rotatable bonds is 6. The maximum absolute atomic E-state index is 13.7. The molecular formula is C27H29FN4O2S. The van der Waals surface area contributed by atoms with Gasteiger partial charge >= 0.3 is 5.63 Å². The zero-order valence-electron chi connectivity index (χ0n) is 20.3. The van der Waals surface area contributed by atoms with Gasteiger partial charge in [-0.15, -0.1) is 10.2 Å². The number of thioether (sulfide) groups is 1. The predicted molar refractivity (Wildman–Crippen MR) is 137 cm³/mol. The van der Waals surface area contributed by atoms with Gasteiger partial charge in [0.05, 0.1) is 6.04 Å². The summed E-state index contributed by atoms with van der Waals surface area (Å²) in [7, 11) is 0. The van der Waals surface area contributed by atoms with Crippen molar-refractivity contribution >= 4 is 22.7 Å². The largest absolute Gasteiger partial charge is 0.423 e. The number of halogens is 1. The van der Waals surface area contributed by atoms with E-state index in [1.807, 2.05) is 17.6 Å². The van der Waals surface area contributed by atoms with Crippen LogP contribution < -0.4 is 5.63 Å². The number of piperidine rings is 1. The highest BCUT2D eigenvalue weighted by Gasteiger charge is 2.25. The van der Waals surface area contributed by atoms with Crippen molar-refractivity contribution in [3.05, 3.63) is 81.2 Å². The first-order valence-electron chi connectivity index (χ1n) is 12.0. The van der Waals surface area contributed by atoms with Gasteiger partial charge < -0.3 is 4.42 Å². The van der Waals surface area contributed by atoms with Crippen LogP contribution in [0.2, 0.25) is 0 Å². The van der Waals surface area contributed by atoms with Crippen LogP contribution in [0.15, 0.2) is 56.8 Å². The Hall–Kier alpha value is -2.97. The standard InChI is InChI=1S/C27H29FN4O2S/c1-17-13-23-20(15-25(33)34-24(23)14-18(17)2)16-35-27-30-29-26(19(3)31-11-5-4-6-12-31)32(27)22-9-7-21(28)8-10-22/h7-10,13-15,19H,4-6,11-12,16H2,1-3H3. The minimum Gasteiger partial charge on any atom is -0.423 e. The zero-order valence-corrected chi connectivity index (χ0v) is 21.1. The summed E-state index contributed by atoms with van der Waals surface area (Å²) in [5.41, 5.74) is 4.17. The topological polar surface area (TPSA) is 64.2 Å². The van der Waals surface area contributed by atoms with E-state index in [1.165, 1.54) is 43.2 Å². The Morgan fingerprint density at radius 1 is 1.03 bits per heavy atom. The van der Waals surface area contributed by atoms with E-state index < -0.39 is 0 Å². The lowest BCUT2D eigenvalue weighted by molar-refractivity contribution is 0.167. The highest BCUT2D eigenvalue weighted by molar-refractivity contribution is 7.98. The summed E-state index contributed by atoms with van der Waals surface area (Å²) in [6.45, 7) is 8.28. The molecule has 35 heavy (non-hydrogen) atoms. The molecule has 0 aliphatic carbocycles. The Balaban J connectivity index is 1.52. The average molecular weight is 493 g/mol. The molecule has 5 rings (SSSR count). The molecule has 182 valence electrons. The van der Waals surface area contributed by atoms with Crippen molar-refractivity contribution in [3.63, 3.8) is 0 Å². The summed E-state index contributed by atoms with van der Waals surface area (Å²) in [5.74, 6) is 1.09. The lowest BCUT2D eigenvalue weighted by Gasteiger charge is -2.31. The SMILES string of the molecule is Cc1cc2oc(=O)cc(CSc3nnc(C(C)N4CCCCC4)n3-c3ccc(F)cc3)c2cc1C. The molecule has 1 aliphatic heterocycles. The molecular weight excluding hydrogens is 463 g/mol. The van der Waals surface area contributed by atoms with E-state index in [-0.39, 0.29) is 17.5 Å². The van der Waals surface area contributed by atoms with Gasteiger partial charge in [-0.2, -0.15) is 0 Å². The van der Waals surface area contributed by atoms with Crippen molar-refractivity contribution in [3.8, 4) is 5.69 Å². The summed E-state index contributed by atoms with van der Waals surface area (Å²) in [5, 5.41) is 10.8. The minimum absolute atomic E-state index is 0.0810. The Kier molecular flexibility index (Phi) is 6.75. The lowest BCUT2D eigenvalue weighted by atomic mass is 10.0.